The van der Waals surface area contributed by atoms with Gasteiger partial charge in [-0.3, -0.25) is 0 Å². The molecule has 5 nitrogen and oxygen atoms in total. The third-order valence-electron chi connectivity index (χ3n) is 1.79. The summed E-state index contributed by atoms with van der Waals surface area (Å²) in [5, 5.41) is 12.7. The van der Waals surface area contributed by atoms with Gasteiger partial charge in [0.05, 0.1) is 21.9 Å². The van der Waals surface area contributed by atoms with Crippen LogP contribution in [0.2, 0.25) is 0 Å². The number of anilines is 1. The van der Waals surface area contributed by atoms with E-state index in [9.17, 15) is 0 Å². The zero-order valence-electron chi connectivity index (χ0n) is 7.55. The number of nitrogens with zero attached hydrogens (tertiary/aromatic N) is 4. The molecule has 6 heteroatoms. The van der Waals surface area contributed by atoms with E-state index in [2.05, 4.69) is 26.0 Å². The molecule has 0 saturated heterocycles. The van der Waals surface area contributed by atoms with Crippen LogP contribution in [0.5, 0.6) is 0 Å². The van der Waals surface area contributed by atoms with Gasteiger partial charge in [-0.2, -0.15) is 10.4 Å². The van der Waals surface area contributed by atoms with Crippen LogP contribution in [0, 0.1) is 11.3 Å². The van der Waals surface area contributed by atoms with Crippen LogP contribution < -0.4 is 5.73 Å². The van der Waals surface area contributed by atoms with Gasteiger partial charge >= 0.3 is 0 Å². The molecular weight excluding hydrogens is 258 g/mol. The van der Waals surface area contributed by atoms with E-state index in [1.54, 1.807) is 23.1 Å². The maximum absolute atomic E-state index is 8.65. The number of hydrogen-bond acceptors (Lipinski definition) is 4. The Balaban J connectivity index is 2.51. The fourth-order valence-electron chi connectivity index (χ4n) is 1.14. The lowest BCUT2D eigenvalue weighted by Crippen LogP contribution is -2.03. The minimum atomic E-state index is 0.421. The van der Waals surface area contributed by atoms with Crippen molar-refractivity contribution < 1.29 is 0 Å². The van der Waals surface area contributed by atoms with Gasteiger partial charge in [-0.15, -0.1) is 0 Å². The lowest BCUT2D eigenvalue weighted by Gasteiger charge is -2.03. The Hall–Kier alpha value is -1.87. The number of nitriles is 1. The van der Waals surface area contributed by atoms with Gasteiger partial charge in [0.25, 0.3) is 0 Å². The molecule has 0 aliphatic rings. The lowest BCUT2D eigenvalue weighted by atomic mass is 10.3. The number of halogens is 1. The van der Waals surface area contributed by atoms with Crippen LogP contribution in [0.1, 0.15) is 5.56 Å². The zero-order chi connectivity index (χ0) is 10.8. The topological polar surface area (TPSA) is 80.5 Å². The van der Waals surface area contributed by atoms with Crippen molar-refractivity contribution in [2.75, 3.05) is 5.73 Å². The lowest BCUT2D eigenvalue weighted by molar-refractivity contribution is 0.849. The smallest absolute Gasteiger partial charge is 0.176 e. The van der Waals surface area contributed by atoms with E-state index in [1.807, 2.05) is 6.07 Å². The molecule has 0 bridgehead atoms. The first kappa shape index (κ1) is 9.68. The summed E-state index contributed by atoms with van der Waals surface area (Å²) < 4.78 is 2.38. The van der Waals surface area contributed by atoms with E-state index in [4.69, 9.17) is 11.0 Å². The molecule has 0 radical (unpaired) electrons. The van der Waals surface area contributed by atoms with Crippen molar-refractivity contribution >= 4 is 21.6 Å². The second-order valence-corrected chi connectivity index (χ2v) is 3.77. The molecule has 0 spiro atoms. The Labute approximate surface area is 94.3 Å². The van der Waals surface area contributed by atoms with Crippen LogP contribution in [0.4, 0.5) is 5.69 Å². The molecule has 0 aliphatic heterocycles. The van der Waals surface area contributed by atoms with Crippen molar-refractivity contribution in [3.63, 3.8) is 0 Å². The Morgan fingerprint density at radius 2 is 2.27 bits per heavy atom. The fraction of sp³-hybridized carbons (Fsp3) is 0. The van der Waals surface area contributed by atoms with Crippen molar-refractivity contribution in [3.05, 3.63) is 34.7 Å². The van der Waals surface area contributed by atoms with Crippen molar-refractivity contribution in [2.24, 2.45) is 0 Å². The highest BCUT2D eigenvalue weighted by atomic mass is 79.9. The average Bonchev–Trinajstić information content (AvgIpc) is 2.64. The highest BCUT2D eigenvalue weighted by Crippen LogP contribution is 2.17. The molecule has 2 aromatic heterocycles. The number of nitrogen functional groups attached to an aromatic ring is 1. The van der Waals surface area contributed by atoms with E-state index < -0.39 is 0 Å². The van der Waals surface area contributed by atoms with Crippen LogP contribution in [0.15, 0.2) is 29.1 Å². The standard InChI is InChI=1S/C9H6BrN5/c10-7-4-14-15(5-7)9-8(12)1-6(2-11)3-13-9/h1,3-5H,12H2. The van der Waals surface area contributed by atoms with Gasteiger partial charge in [0.1, 0.15) is 6.07 Å². The van der Waals surface area contributed by atoms with Crippen LogP contribution in [-0.2, 0) is 0 Å². The summed E-state index contributed by atoms with van der Waals surface area (Å²) in [6.07, 6.45) is 4.84. The minimum Gasteiger partial charge on any atom is -0.396 e. The summed E-state index contributed by atoms with van der Waals surface area (Å²) in [4.78, 5) is 4.06. The summed E-state index contributed by atoms with van der Waals surface area (Å²) in [6, 6.07) is 3.54. The maximum atomic E-state index is 8.65. The molecule has 0 aromatic carbocycles. The third-order valence-corrected chi connectivity index (χ3v) is 2.20. The van der Waals surface area contributed by atoms with Crippen molar-refractivity contribution in [1.29, 1.82) is 5.26 Å². The van der Waals surface area contributed by atoms with Crippen molar-refractivity contribution in [3.8, 4) is 11.9 Å². The normalized spacial score (nSPS) is 9.87. The quantitative estimate of drug-likeness (QED) is 0.845. The van der Waals surface area contributed by atoms with Gasteiger partial charge < -0.3 is 5.73 Å². The molecule has 0 saturated carbocycles. The number of pyridine rings is 1. The molecule has 2 rings (SSSR count). The Kier molecular flexibility index (Phi) is 2.39. The highest BCUT2D eigenvalue weighted by Gasteiger charge is 2.05. The number of nitrogens with two attached hydrogens (primary N) is 1. The van der Waals surface area contributed by atoms with Crippen LogP contribution in [0.3, 0.4) is 0 Å². The van der Waals surface area contributed by atoms with Crippen molar-refractivity contribution in [1.82, 2.24) is 14.8 Å². The molecule has 15 heavy (non-hydrogen) atoms. The SMILES string of the molecule is N#Cc1cnc(-n2cc(Br)cn2)c(N)c1. The predicted molar refractivity (Wildman–Crippen MR) is 58.2 cm³/mol. The highest BCUT2D eigenvalue weighted by molar-refractivity contribution is 9.10. The van der Waals surface area contributed by atoms with Crippen LogP contribution >= 0.6 is 15.9 Å². The first-order valence-corrected chi connectivity index (χ1v) is 4.86. The van der Waals surface area contributed by atoms with E-state index in [0.29, 0.717) is 17.1 Å². The third kappa shape index (κ3) is 1.82. The summed E-state index contributed by atoms with van der Waals surface area (Å²) in [5.41, 5.74) is 6.60. The second-order valence-electron chi connectivity index (χ2n) is 2.85. The largest absolute Gasteiger partial charge is 0.396 e. The molecule has 2 heterocycles. The van der Waals surface area contributed by atoms with Crippen molar-refractivity contribution in [2.45, 2.75) is 0 Å². The maximum Gasteiger partial charge on any atom is 0.176 e. The molecule has 0 amide bonds. The molecule has 0 atom stereocenters. The molecule has 2 N–H and O–H groups in total. The van der Waals surface area contributed by atoms with Gasteiger partial charge in [0.2, 0.25) is 0 Å². The molecular formula is C9H6BrN5. The Morgan fingerprint density at radius 1 is 1.47 bits per heavy atom. The Bertz CT molecular complexity index is 540. The van der Waals surface area contributed by atoms with E-state index in [-0.39, 0.29) is 0 Å². The molecule has 74 valence electrons. The molecule has 0 unspecified atom stereocenters. The first-order chi connectivity index (χ1) is 7.20. The number of hydrogen-bond donors (Lipinski definition) is 1. The zero-order valence-corrected chi connectivity index (χ0v) is 9.14. The summed E-state index contributed by atoms with van der Waals surface area (Å²) >= 11 is 3.28. The predicted octanol–water partition coefficient (Wildman–Crippen LogP) is 1.48. The summed E-state index contributed by atoms with van der Waals surface area (Å²) in [6.45, 7) is 0. The average molecular weight is 264 g/mol. The van der Waals surface area contributed by atoms with Gasteiger partial charge in [-0.25, -0.2) is 9.67 Å². The summed E-state index contributed by atoms with van der Waals surface area (Å²) in [5.74, 6) is 0.514. The summed E-state index contributed by atoms with van der Waals surface area (Å²) in [7, 11) is 0. The van der Waals surface area contributed by atoms with Gasteiger partial charge in [-0.05, 0) is 22.0 Å². The first-order valence-electron chi connectivity index (χ1n) is 4.07. The Morgan fingerprint density at radius 3 is 2.80 bits per heavy atom. The molecule has 0 fully saturated rings. The van der Waals surface area contributed by atoms with Gasteiger partial charge in [0.15, 0.2) is 5.82 Å². The van der Waals surface area contributed by atoms with Crippen LogP contribution in [-0.4, -0.2) is 14.8 Å². The number of aromatic nitrogens is 3. The minimum absolute atomic E-state index is 0.421. The fourth-order valence-corrected chi connectivity index (χ4v) is 1.43. The second kappa shape index (κ2) is 3.71. The van der Waals surface area contributed by atoms with E-state index >= 15 is 0 Å². The van der Waals surface area contributed by atoms with E-state index in [0.717, 1.165) is 4.47 Å². The van der Waals surface area contributed by atoms with E-state index in [1.165, 1.54) is 6.20 Å². The monoisotopic (exact) mass is 263 g/mol. The van der Waals surface area contributed by atoms with Crippen LogP contribution in [0.25, 0.3) is 5.82 Å². The van der Waals surface area contributed by atoms with Gasteiger partial charge in [-0.1, -0.05) is 0 Å². The van der Waals surface area contributed by atoms with Gasteiger partial charge in [0, 0.05) is 12.4 Å². The molecule has 2 aromatic rings. The molecule has 0 aliphatic carbocycles. The number of rotatable bonds is 1.